The van der Waals surface area contributed by atoms with E-state index in [0.717, 1.165) is 5.56 Å². The molecule has 0 fully saturated rings. The minimum Gasteiger partial charge on any atom is -0.495 e. The van der Waals surface area contributed by atoms with E-state index < -0.39 is 10.0 Å². The second-order valence-electron chi connectivity index (χ2n) is 4.63. The minimum absolute atomic E-state index is 0.133. The van der Waals surface area contributed by atoms with E-state index in [0.29, 0.717) is 18.9 Å². The smallest absolute Gasteiger partial charge is 0.244 e. The van der Waals surface area contributed by atoms with E-state index in [9.17, 15) is 8.42 Å². The van der Waals surface area contributed by atoms with Gasteiger partial charge >= 0.3 is 0 Å². The normalized spacial score (nSPS) is 13.1. The maximum atomic E-state index is 12.3. The second kappa shape index (κ2) is 8.33. The van der Waals surface area contributed by atoms with Crippen molar-refractivity contribution in [3.63, 3.8) is 0 Å². The van der Waals surface area contributed by atoms with Crippen LogP contribution in [0.25, 0.3) is 0 Å². The molecule has 0 bridgehead atoms. The van der Waals surface area contributed by atoms with Crippen molar-refractivity contribution in [2.75, 3.05) is 27.3 Å². The lowest BCUT2D eigenvalue weighted by atomic mass is 10.2. The SMILES string of the molecule is CCOC(C)CNS(=O)(=O)c1ccc(CNC)cc1OC. The molecule has 0 saturated heterocycles. The van der Waals surface area contributed by atoms with Gasteiger partial charge in [0.15, 0.2) is 0 Å². The van der Waals surface area contributed by atoms with Crippen molar-refractivity contribution in [3.05, 3.63) is 23.8 Å². The molecule has 1 atom stereocenters. The van der Waals surface area contributed by atoms with Gasteiger partial charge in [-0.25, -0.2) is 13.1 Å². The zero-order valence-corrected chi connectivity index (χ0v) is 13.8. The maximum absolute atomic E-state index is 12.3. The van der Waals surface area contributed by atoms with Crippen LogP contribution in [0.4, 0.5) is 0 Å². The number of ether oxygens (including phenoxy) is 2. The van der Waals surface area contributed by atoms with Gasteiger partial charge in [0.05, 0.1) is 13.2 Å². The lowest BCUT2D eigenvalue weighted by molar-refractivity contribution is 0.0799. The van der Waals surface area contributed by atoms with Gasteiger partial charge in [-0.05, 0) is 38.6 Å². The summed E-state index contributed by atoms with van der Waals surface area (Å²) < 4.78 is 37.7. The summed E-state index contributed by atoms with van der Waals surface area (Å²) in [4.78, 5) is 0.133. The fourth-order valence-electron chi connectivity index (χ4n) is 1.90. The molecular formula is C14H24N2O4S. The first-order valence-electron chi connectivity index (χ1n) is 6.87. The van der Waals surface area contributed by atoms with Gasteiger partial charge in [-0.1, -0.05) is 6.07 Å². The molecule has 0 aromatic heterocycles. The number of methoxy groups -OCH3 is 1. The largest absolute Gasteiger partial charge is 0.495 e. The quantitative estimate of drug-likeness (QED) is 0.714. The van der Waals surface area contributed by atoms with Gasteiger partial charge in [-0.2, -0.15) is 0 Å². The monoisotopic (exact) mass is 316 g/mol. The fraction of sp³-hybridized carbons (Fsp3) is 0.571. The van der Waals surface area contributed by atoms with Crippen LogP contribution in [0.3, 0.4) is 0 Å². The van der Waals surface area contributed by atoms with Crippen LogP contribution in [0.2, 0.25) is 0 Å². The molecule has 1 aromatic carbocycles. The van der Waals surface area contributed by atoms with Crippen LogP contribution in [0.1, 0.15) is 19.4 Å². The average molecular weight is 316 g/mol. The third-order valence-corrected chi connectivity index (χ3v) is 4.37. The number of nitrogens with one attached hydrogen (secondary N) is 2. The molecule has 0 amide bonds. The summed E-state index contributed by atoms with van der Waals surface area (Å²) in [6.45, 7) is 5.10. The van der Waals surface area contributed by atoms with Gasteiger partial charge in [0.1, 0.15) is 10.6 Å². The van der Waals surface area contributed by atoms with E-state index in [1.54, 1.807) is 18.2 Å². The van der Waals surface area contributed by atoms with Crippen LogP contribution in [0.5, 0.6) is 5.75 Å². The van der Waals surface area contributed by atoms with Crippen molar-refractivity contribution in [3.8, 4) is 5.75 Å². The predicted molar refractivity (Wildman–Crippen MR) is 82.0 cm³/mol. The Morgan fingerprint density at radius 3 is 2.62 bits per heavy atom. The Morgan fingerprint density at radius 2 is 2.05 bits per heavy atom. The summed E-state index contributed by atoms with van der Waals surface area (Å²) in [7, 11) is -0.338. The van der Waals surface area contributed by atoms with Crippen molar-refractivity contribution in [1.82, 2.24) is 10.0 Å². The Balaban J connectivity index is 2.91. The van der Waals surface area contributed by atoms with Crippen molar-refractivity contribution >= 4 is 10.0 Å². The molecular weight excluding hydrogens is 292 g/mol. The lowest BCUT2D eigenvalue weighted by Gasteiger charge is -2.15. The second-order valence-corrected chi connectivity index (χ2v) is 6.37. The Bertz CT molecular complexity index is 546. The molecule has 1 aromatic rings. The number of hydrogen-bond donors (Lipinski definition) is 2. The van der Waals surface area contributed by atoms with Gasteiger partial charge in [0.25, 0.3) is 0 Å². The van der Waals surface area contributed by atoms with Crippen LogP contribution in [0.15, 0.2) is 23.1 Å². The van der Waals surface area contributed by atoms with E-state index in [1.807, 2.05) is 20.9 Å². The molecule has 7 heteroatoms. The van der Waals surface area contributed by atoms with Crippen LogP contribution in [-0.4, -0.2) is 41.8 Å². The summed E-state index contributed by atoms with van der Waals surface area (Å²) in [6, 6.07) is 5.04. The highest BCUT2D eigenvalue weighted by atomic mass is 32.2. The third kappa shape index (κ3) is 5.28. The standard InChI is InChI=1S/C14H24N2O4S/c1-5-20-11(2)9-16-21(17,18)14-7-6-12(10-15-3)8-13(14)19-4/h6-8,11,15-16H,5,9-10H2,1-4H3. The first-order valence-corrected chi connectivity index (χ1v) is 8.35. The molecule has 6 nitrogen and oxygen atoms in total. The first kappa shape index (κ1) is 17.9. The number of rotatable bonds is 9. The summed E-state index contributed by atoms with van der Waals surface area (Å²) in [5, 5.41) is 3.01. The van der Waals surface area contributed by atoms with Crippen LogP contribution < -0.4 is 14.8 Å². The molecule has 0 heterocycles. The molecule has 0 saturated carbocycles. The van der Waals surface area contributed by atoms with E-state index in [-0.39, 0.29) is 17.5 Å². The molecule has 0 aliphatic carbocycles. The Hall–Kier alpha value is -1.15. The van der Waals surface area contributed by atoms with Crippen molar-refractivity contribution in [2.45, 2.75) is 31.4 Å². The molecule has 1 rings (SSSR count). The molecule has 0 radical (unpaired) electrons. The Morgan fingerprint density at radius 1 is 1.33 bits per heavy atom. The average Bonchev–Trinajstić information content (AvgIpc) is 2.45. The van der Waals surface area contributed by atoms with E-state index >= 15 is 0 Å². The summed E-state index contributed by atoms with van der Waals surface area (Å²) in [5.74, 6) is 0.333. The molecule has 2 N–H and O–H groups in total. The highest BCUT2D eigenvalue weighted by Crippen LogP contribution is 2.24. The van der Waals surface area contributed by atoms with Crippen LogP contribution in [0, 0.1) is 0 Å². The van der Waals surface area contributed by atoms with Crippen molar-refractivity contribution in [1.29, 1.82) is 0 Å². The third-order valence-electron chi connectivity index (χ3n) is 2.91. The molecule has 0 spiro atoms. The van der Waals surface area contributed by atoms with E-state index in [2.05, 4.69) is 10.0 Å². The Kier molecular flexibility index (Phi) is 7.10. The van der Waals surface area contributed by atoms with Crippen molar-refractivity contribution in [2.24, 2.45) is 0 Å². The van der Waals surface area contributed by atoms with Crippen LogP contribution >= 0.6 is 0 Å². The first-order chi connectivity index (χ1) is 9.94. The summed E-state index contributed by atoms with van der Waals surface area (Å²) >= 11 is 0. The number of sulfonamides is 1. The maximum Gasteiger partial charge on any atom is 0.244 e. The topological polar surface area (TPSA) is 76.7 Å². The van der Waals surface area contributed by atoms with Gasteiger partial charge in [-0.15, -0.1) is 0 Å². The molecule has 21 heavy (non-hydrogen) atoms. The molecule has 0 aliphatic heterocycles. The van der Waals surface area contributed by atoms with Gasteiger partial charge in [0, 0.05) is 19.7 Å². The molecule has 0 aliphatic rings. The fourth-order valence-corrected chi connectivity index (χ4v) is 3.16. The number of hydrogen-bond acceptors (Lipinski definition) is 5. The highest BCUT2D eigenvalue weighted by molar-refractivity contribution is 7.89. The van der Waals surface area contributed by atoms with Gasteiger partial charge in [-0.3, -0.25) is 0 Å². The highest BCUT2D eigenvalue weighted by Gasteiger charge is 2.20. The van der Waals surface area contributed by atoms with Gasteiger partial charge < -0.3 is 14.8 Å². The summed E-state index contributed by atoms with van der Waals surface area (Å²) in [5.41, 5.74) is 0.955. The molecule has 120 valence electrons. The number of benzene rings is 1. The lowest BCUT2D eigenvalue weighted by Crippen LogP contribution is -2.32. The molecule has 1 unspecified atom stereocenters. The van der Waals surface area contributed by atoms with E-state index in [4.69, 9.17) is 9.47 Å². The van der Waals surface area contributed by atoms with Gasteiger partial charge in [0.2, 0.25) is 10.0 Å². The minimum atomic E-state index is -3.62. The van der Waals surface area contributed by atoms with Crippen molar-refractivity contribution < 1.29 is 17.9 Å². The zero-order chi connectivity index (χ0) is 15.9. The summed E-state index contributed by atoms with van der Waals surface area (Å²) in [6.07, 6.45) is -0.181. The predicted octanol–water partition coefficient (Wildman–Crippen LogP) is 1.12. The Labute approximate surface area is 126 Å². The zero-order valence-electron chi connectivity index (χ0n) is 13.0. The van der Waals surface area contributed by atoms with E-state index in [1.165, 1.54) is 7.11 Å². The van der Waals surface area contributed by atoms with Crippen LogP contribution in [-0.2, 0) is 21.3 Å².